The Morgan fingerprint density at radius 3 is 2.56 bits per heavy atom. The van der Waals surface area contributed by atoms with Crippen molar-refractivity contribution in [2.45, 2.75) is 26.7 Å². The SMILES string of the molecule is CCCOc1c(Br)cc(Br)cc1C=C(CC)CBr. The van der Waals surface area contributed by atoms with Crippen molar-refractivity contribution in [2.75, 3.05) is 11.9 Å². The lowest BCUT2D eigenvalue weighted by atomic mass is 10.1. The first-order valence-electron chi connectivity index (χ1n) is 5.99. The molecule has 0 aliphatic carbocycles. The smallest absolute Gasteiger partial charge is 0.140 e. The highest BCUT2D eigenvalue weighted by Crippen LogP contribution is 2.34. The van der Waals surface area contributed by atoms with Crippen molar-refractivity contribution in [1.82, 2.24) is 0 Å². The van der Waals surface area contributed by atoms with Crippen LogP contribution in [0, 0.1) is 0 Å². The molecule has 0 spiro atoms. The van der Waals surface area contributed by atoms with Crippen LogP contribution in [0.2, 0.25) is 0 Å². The molecule has 1 aromatic rings. The Morgan fingerprint density at radius 1 is 1.28 bits per heavy atom. The van der Waals surface area contributed by atoms with Gasteiger partial charge < -0.3 is 4.74 Å². The van der Waals surface area contributed by atoms with Crippen LogP contribution >= 0.6 is 47.8 Å². The number of rotatable bonds is 6. The van der Waals surface area contributed by atoms with E-state index in [-0.39, 0.29) is 0 Å². The number of halogens is 3. The zero-order chi connectivity index (χ0) is 13.5. The van der Waals surface area contributed by atoms with Crippen LogP contribution in [0.1, 0.15) is 32.3 Å². The molecule has 0 radical (unpaired) electrons. The third-order valence-corrected chi connectivity index (χ3v) is 4.24. The molecule has 0 N–H and O–H groups in total. The molecule has 0 amide bonds. The Balaban J connectivity index is 3.18. The number of hydrogen-bond donors (Lipinski definition) is 0. The van der Waals surface area contributed by atoms with Crippen LogP contribution in [-0.2, 0) is 0 Å². The van der Waals surface area contributed by atoms with Crippen molar-refractivity contribution in [1.29, 1.82) is 0 Å². The summed E-state index contributed by atoms with van der Waals surface area (Å²) in [6.45, 7) is 5.00. The lowest BCUT2D eigenvalue weighted by Crippen LogP contribution is -1.98. The van der Waals surface area contributed by atoms with E-state index in [9.17, 15) is 0 Å². The molecule has 0 saturated heterocycles. The quantitative estimate of drug-likeness (QED) is 0.479. The maximum Gasteiger partial charge on any atom is 0.140 e. The Hall–Kier alpha value is 0.200. The molecule has 100 valence electrons. The van der Waals surface area contributed by atoms with Gasteiger partial charge >= 0.3 is 0 Å². The summed E-state index contributed by atoms with van der Waals surface area (Å²) in [5, 5.41) is 0.890. The molecule has 0 aromatic heterocycles. The third kappa shape index (κ3) is 4.71. The summed E-state index contributed by atoms with van der Waals surface area (Å²) >= 11 is 10.6. The van der Waals surface area contributed by atoms with Crippen LogP contribution in [0.3, 0.4) is 0 Å². The van der Waals surface area contributed by atoms with E-state index in [1.807, 2.05) is 6.07 Å². The number of hydrogen-bond acceptors (Lipinski definition) is 1. The second-order valence-electron chi connectivity index (χ2n) is 3.94. The highest BCUT2D eigenvalue weighted by atomic mass is 79.9. The zero-order valence-corrected chi connectivity index (χ0v) is 15.4. The predicted molar refractivity (Wildman–Crippen MR) is 89.7 cm³/mol. The van der Waals surface area contributed by atoms with Gasteiger partial charge in [0.25, 0.3) is 0 Å². The molecule has 0 fully saturated rings. The first-order valence-corrected chi connectivity index (χ1v) is 8.70. The van der Waals surface area contributed by atoms with Crippen LogP contribution in [-0.4, -0.2) is 11.9 Å². The average molecular weight is 441 g/mol. The summed E-state index contributed by atoms with van der Waals surface area (Å²) in [7, 11) is 0. The average Bonchev–Trinajstić information content (AvgIpc) is 2.34. The largest absolute Gasteiger partial charge is 0.492 e. The van der Waals surface area contributed by atoms with Gasteiger partial charge in [0.2, 0.25) is 0 Å². The van der Waals surface area contributed by atoms with Gasteiger partial charge in [0, 0.05) is 15.4 Å². The highest BCUT2D eigenvalue weighted by Gasteiger charge is 2.09. The molecule has 0 heterocycles. The monoisotopic (exact) mass is 438 g/mol. The number of alkyl halides is 1. The highest BCUT2D eigenvalue weighted by molar-refractivity contribution is 9.11. The lowest BCUT2D eigenvalue weighted by Gasteiger charge is -2.12. The molecule has 0 unspecified atom stereocenters. The molecule has 4 heteroatoms. The van der Waals surface area contributed by atoms with E-state index < -0.39 is 0 Å². The second kappa shape index (κ2) is 8.39. The van der Waals surface area contributed by atoms with E-state index in [0.717, 1.165) is 45.0 Å². The van der Waals surface area contributed by atoms with Gasteiger partial charge in [-0.3, -0.25) is 0 Å². The van der Waals surface area contributed by atoms with Crippen molar-refractivity contribution in [3.63, 3.8) is 0 Å². The fourth-order valence-corrected chi connectivity index (χ4v) is 3.43. The van der Waals surface area contributed by atoms with E-state index in [1.54, 1.807) is 0 Å². The first-order chi connectivity index (χ1) is 8.62. The van der Waals surface area contributed by atoms with Gasteiger partial charge in [0.05, 0.1) is 11.1 Å². The van der Waals surface area contributed by atoms with Crippen LogP contribution in [0.5, 0.6) is 5.75 Å². The van der Waals surface area contributed by atoms with Gasteiger partial charge in [-0.15, -0.1) is 0 Å². The fraction of sp³-hybridized carbons (Fsp3) is 0.429. The number of benzene rings is 1. The minimum absolute atomic E-state index is 0.733. The van der Waals surface area contributed by atoms with Crippen LogP contribution in [0.15, 0.2) is 26.7 Å². The summed E-state index contributed by atoms with van der Waals surface area (Å²) in [6, 6.07) is 4.11. The van der Waals surface area contributed by atoms with Gasteiger partial charge in [0.15, 0.2) is 0 Å². The fourth-order valence-electron chi connectivity index (χ4n) is 1.50. The van der Waals surface area contributed by atoms with Gasteiger partial charge in [-0.1, -0.05) is 57.4 Å². The predicted octanol–water partition coefficient (Wildman–Crippen LogP) is 6.19. The summed E-state index contributed by atoms with van der Waals surface area (Å²) in [6.07, 6.45) is 4.22. The third-order valence-electron chi connectivity index (χ3n) is 2.47. The molecular weight excluding hydrogens is 424 g/mol. The summed E-state index contributed by atoms with van der Waals surface area (Å²) in [5.41, 5.74) is 2.46. The molecular formula is C14H17Br3O. The Labute approximate surface area is 134 Å². The number of ether oxygens (including phenoxy) is 1. The van der Waals surface area contributed by atoms with Crippen molar-refractivity contribution in [2.24, 2.45) is 0 Å². The van der Waals surface area contributed by atoms with Crippen molar-refractivity contribution in [3.8, 4) is 5.75 Å². The van der Waals surface area contributed by atoms with E-state index in [0.29, 0.717) is 0 Å². The standard InChI is InChI=1S/C14H17Br3O/c1-3-5-18-14-11(6-10(4-2)9-15)7-12(16)8-13(14)17/h6-8H,3-5,9H2,1-2H3. The number of allylic oxidation sites excluding steroid dienone is 1. The molecule has 1 aromatic carbocycles. The minimum Gasteiger partial charge on any atom is -0.492 e. The molecule has 0 bridgehead atoms. The van der Waals surface area contributed by atoms with Crippen LogP contribution in [0.4, 0.5) is 0 Å². The Bertz CT molecular complexity index is 421. The molecule has 0 saturated carbocycles. The zero-order valence-electron chi connectivity index (χ0n) is 10.6. The van der Waals surface area contributed by atoms with Crippen molar-refractivity contribution >= 4 is 53.9 Å². The molecule has 18 heavy (non-hydrogen) atoms. The lowest BCUT2D eigenvalue weighted by molar-refractivity contribution is 0.315. The summed E-state index contributed by atoms with van der Waals surface area (Å²) < 4.78 is 7.87. The maximum absolute atomic E-state index is 5.83. The Kier molecular flexibility index (Phi) is 7.57. The molecule has 0 atom stereocenters. The van der Waals surface area contributed by atoms with E-state index in [2.05, 4.69) is 73.8 Å². The molecule has 1 nitrogen and oxygen atoms in total. The normalized spacial score (nSPS) is 11.7. The van der Waals surface area contributed by atoms with Gasteiger partial charge in [-0.25, -0.2) is 0 Å². The van der Waals surface area contributed by atoms with E-state index in [1.165, 1.54) is 5.57 Å². The second-order valence-corrected chi connectivity index (χ2v) is 6.27. The van der Waals surface area contributed by atoms with Gasteiger partial charge in [-0.2, -0.15) is 0 Å². The molecule has 0 aliphatic rings. The van der Waals surface area contributed by atoms with Crippen LogP contribution < -0.4 is 4.74 Å². The van der Waals surface area contributed by atoms with Gasteiger partial charge in [-0.05, 0) is 40.9 Å². The van der Waals surface area contributed by atoms with Crippen LogP contribution in [0.25, 0.3) is 6.08 Å². The molecule has 0 aliphatic heterocycles. The minimum atomic E-state index is 0.733. The first kappa shape index (κ1) is 16.3. The Morgan fingerprint density at radius 2 is 2.00 bits per heavy atom. The van der Waals surface area contributed by atoms with Crippen molar-refractivity contribution in [3.05, 3.63) is 32.2 Å². The van der Waals surface area contributed by atoms with Gasteiger partial charge in [0.1, 0.15) is 5.75 Å². The van der Waals surface area contributed by atoms with Crippen molar-refractivity contribution < 1.29 is 4.74 Å². The topological polar surface area (TPSA) is 9.23 Å². The summed E-state index contributed by atoms with van der Waals surface area (Å²) in [5.74, 6) is 0.923. The van der Waals surface area contributed by atoms with E-state index >= 15 is 0 Å². The molecule has 1 rings (SSSR count). The summed E-state index contributed by atoms with van der Waals surface area (Å²) in [4.78, 5) is 0. The maximum atomic E-state index is 5.83. The van der Waals surface area contributed by atoms with E-state index in [4.69, 9.17) is 4.74 Å².